The quantitative estimate of drug-likeness (QED) is 0.705. The van der Waals surface area contributed by atoms with Crippen molar-refractivity contribution in [1.82, 2.24) is 0 Å². The second-order valence-electron chi connectivity index (χ2n) is 2.12. The Morgan fingerprint density at radius 2 is 1.91 bits per heavy atom. The zero-order valence-electron chi connectivity index (χ0n) is 5.79. The van der Waals surface area contributed by atoms with Gasteiger partial charge in [0.1, 0.15) is 6.10 Å². The molecular formula is C9H7BrO. The zero-order chi connectivity index (χ0) is 8.27. The molecule has 0 saturated heterocycles. The molecule has 11 heavy (non-hydrogen) atoms. The van der Waals surface area contributed by atoms with Crippen LogP contribution >= 0.6 is 15.9 Å². The van der Waals surface area contributed by atoms with E-state index in [-0.39, 0.29) is 0 Å². The minimum Gasteiger partial charge on any atom is -0.376 e. The third-order valence-corrected chi connectivity index (χ3v) is 1.87. The van der Waals surface area contributed by atoms with Gasteiger partial charge in [0, 0.05) is 4.47 Å². The summed E-state index contributed by atoms with van der Waals surface area (Å²) in [6.07, 6.45) is 4.24. The van der Waals surface area contributed by atoms with E-state index in [0.29, 0.717) is 0 Å². The van der Waals surface area contributed by atoms with E-state index in [1.165, 1.54) is 0 Å². The van der Waals surface area contributed by atoms with Crippen LogP contribution in [-0.4, -0.2) is 5.11 Å². The second-order valence-corrected chi connectivity index (χ2v) is 3.04. The lowest BCUT2D eigenvalue weighted by molar-refractivity contribution is 0.238. The summed E-state index contributed by atoms with van der Waals surface area (Å²) < 4.78 is 0.977. The molecule has 0 bridgehead atoms. The molecule has 1 aromatic rings. The van der Waals surface area contributed by atoms with Crippen molar-refractivity contribution in [3.63, 3.8) is 0 Å². The van der Waals surface area contributed by atoms with Crippen LogP contribution in [0.4, 0.5) is 0 Å². The SMILES string of the molecule is C#CC(O)c1ccc(Br)cc1. The number of rotatable bonds is 1. The number of hydrogen-bond donors (Lipinski definition) is 1. The maximum atomic E-state index is 9.17. The molecule has 1 nitrogen and oxygen atoms in total. The van der Waals surface area contributed by atoms with Gasteiger partial charge in [0.15, 0.2) is 0 Å². The van der Waals surface area contributed by atoms with Crippen LogP contribution in [0, 0.1) is 12.3 Å². The number of terminal acetylenes is 1. The Morgan fingerprint density at radius 1 is 1.36 bits per heavy atom. The van der Waals surface area contributed by atoms with E-state index < -0.39 is 6.10 Å². The van der Waals surface area contributed by atoms with E-state index >= 15 is 0 Å². The van der Waals surface area contributed by atoms with E-state index in [4.69, 9.17) is 11.5 Å². The first-order valence-corrected chi connectivity index (χ1v) is 3.93. The third kappa shape index (κ3) is 2.07. The minimum absolute atomic E-state index is 0.746. The van der Waals surface area contributed by atoms with Crippen LogP contribution < -0.4 is 0 Å². The van der Waals surface area contributed by atoms with Gasteiger partial charge in [-0.05, 0) is 17.7 Å². The van der Waals surface area contributed by atoms with E-state index in [1.807, 2.05) is 12.1 Å². The van der Waals surface area contributed by atoms with Crippen LogP contribution in [0.1, 0.15) is 11.7 Å². The van der Waals surface area contributed by atoms with Crippen molar-refractivity contribution in [3.8, 4) is 12.3 Å². The predicted octanol–water partition coefficient (Wildman–Crippen LogP) is 2.12. The molecule has 0 aromatic heterocycles. The zero-order valence-corrected chi connectivity index (χ0v) is 7.38. The summed E-state index contributed by atoms with van der Waals surface area (Å²) in [5.74, 6) is 2.24. The number of benzene rings is 1. The van der Waals surface area contributed by atoms with Crippen molar-refractivity contribution in [2.24, 2.45) is 0 Å². The van der Waals surface area contributed by atoms with Crippen molar-refractivity contribution >= 4 is 15.9 Å². The van der Waals surface area contributed by atoms with Crippen molar-refractivity contribution in [2.75, 3.05) is 0 Å². The van der Waals surface area contributed by atoms with Gasteiger partial charge in [0.25, 0.3) is 0 Å². The molecule has 56 valence electrons. The van der Waals surface area contributed by atoms with Gasteiger partial charge in [-0.2, -0.15) is 0 Å². The van der Waals surface area contributed by atoms with Crippen LogP contribution in [-0.2, 0) is 0 Å². The summed E-state index contributed by atoms with van der Waals surface area (Å²) in [5, 5.41) is 9.17. The van der Waals surface area contributed by atoms with Crippen LogP contribution in [0.5, 0.6) is 0 Å². The summed E-state index contributed by atoms with van der Waals surface area (Å²) in [6, 6.07) is 7.26. The lowest BCUT2D eigenvalue weighted by atomic mass is 10.1. The molecule has 0 radical (unpaired) electrons. The fraction of sp³-hybridized carbons (Fsp3) is 0.111. The maximum Gasteiger partial charge on any atom is 0.139 e. The highest BCUT2D eigenvalue weighted by molar-refractivity contribution is 9.10. The highest BCUT2D eigenvalue weighted by atomic mass is 79.9. The maximum absolute atomic E-state index is 9.17. The van der Waals surface area contributed by atoms with Crippen molar-refractivity contribution < 1.29 is 5.11 Å². The third-order valence-electron chi connectivity index (χ3n) is 1.34. The van der Waals surface area contributed by atoms with Gasteiger partial charge in [0.2, 0.25) is 0 Å². The molecule has 0 aliphatic rings. The molecule has 1 N–H and O–H groups in total. The molecule has 0 spiro atoms. The average molecular weight is 211 g/mol. The molecule has 0 heterocycles. The molecule has 1 aromatic carbocycles. The Hall–Kier alpha value is -0.780. The highest BCUT2D eigenvalue weighted by Crippen LogP contribution is 2.15. The van der Waals surface area contributed by atoms with Gasteiger partial charge in [-0.25, -0.2) is 0 Å². The summed E-state index contributed by atoms with van der Waals surface area (Å²) in [4.78, 5) is 0. The summed E-state index contributed by atoms with van der Waals surface area (Å²) >= 11 is 3.28. The molecule has 0 fully saturated rings. The van der Waals surface area contributed by atoms with Gasteiger partial charge in [-0.15, -0.1) is 6.42 Å². The van der Waals surface area contributed by atoms with E-state index in [9.17, 15) is 0 Å². The van der Waals surface area contributed by atoms with E-state index in [0.717, 1.165) is 10.0 Å². The molecule has 1 unspecified atom stereocenters. The van der Waals surface area contributed by atoms with Crippen molar-refractivity contribution in [2.45, 2.75) is 6.10 Å². The van der Waals surface area contributed by atoms with Gasteiger partial charge < -0.3 is 5.11 Å². The van der Waals surface area contributed by atoms with Gasteiger partial charge in [-0.1, -0.05) is 34.0 Å². The van der Waals surface area contributed by atoms with Crippen molar-refractivity contribution in [1.29, 1.82) is 0 Å². The summed E-state index contributed by atoms with van der Waals surface area (Å²) in [5.41, 5.74) is 0.746. The summed E-state index contributed by atoms with van der Waals surface area (Å²) in [7, 11) is 0. The molecule has 2 heteroatoms. The Morgan fingerprint density at radius 3 is 2.36 bits per heavy atom. The Labute approximate surface area is 74.2 Å². The average Bonchev–Trinajstić information content (AvgIpc) is 2.05. The first-order chi connectivity index (χ1) is 5.24. The Kier molecular flexibility index (Phi) is 2.70. The molecule has 0 aliphatic heterocycles. The smallest absolute Gasteiger partial charge is 0.139 e. The fourth-order valence-corrected chi connectivity index (χ4v) is 1.01. The van der Waals surface area contributed by atoms with Crippen LogP contribution in [0.25, 0.3) is 0 Å². The summed E-state index contributed by atoms with van der Waals surface area (Å²) in [6.45, 7) is 0. The largest absolute Gasteiger partial charge is 0.376 e. The Balaban J connectivity index is 2.92. The fourth-order valence-electron chi connectivity index (χ4n) is 0.741. The lowest BCUT2D eigenvalue weighted by Gasteiger charge is -2.01. The molecule has 1 atom stereocenters. The topological polar surface area (TPSA) is 20.2 Å². The number of aliphatic hydroxyl groups excluding tert-OH is 1. The molecule has 0 saturated carbocycles. The standard InChI is InChI=1S/C9H7BrO/c1-2-9(11)7-3-5-8(10)6-4-7/h1,3-6,9,11H. The van der Waals surface area contributed by atoms with Gasteiger partial charge in [-0.3, -0.25) is 0 Å². The van der Waals surface area contributed by atoms with E-state index in [1.54, 1.807) is 12.1 Å². The monoisotopic (exact) mass is 210 g/mol. The highest BCUT2D eigenvalue weighted by Gasteiger charge is 2.00. The lowest BCUT2D eigenvalue weighted by Crippen LogP contribution is -1.91. The minimum atomic E-state index is -0.789. The number of hydrogen-bond acceptors (Lipinski definition) is 1. The van der Waals surface area contributed by atoms with Gasteiger partial charge in [0.05, 0.1) is 0 Å². The van der Waals surface area contributed by atoms with Crippen LogP contribution in [0.3, 0.4) is 0 Å². The molecule has 1 rings (SSSR count). The molecule has 0 aliphatic carbocycles. The molecule has 0 amide bonds. The van der Waals surface area contributed by atoms with Gasteiger partial charge >= 0.3 is 0 Å². The predicted molar refractivity (Wildman–Crippen MR) is 47.9 cm³/mol. The first-order valence-electron chi connectivity index (χ1n) is 3.13. The first kappa shape index (κ1) is 8.32. The molecular weight excluding hydrogens is 204 g/mol. The van der Waals surface area contributed by atoms with Crippen LogP contribution in [0.15, 0.2) is 28.7 Å². The second kappa shape index (κ2) is 3.56. The Bertz CT molecular complexity index is 271. The number of aliphatic hydroxyl groups is 1. The number of halogens is 1. The van der Waals surface area contributed by atoms with Crippen LogP contribution in [0.2, 0.25) is 0 Å². The van der Waals surface area contributed by atoms with E-state index in [2.05, 4.69) is 21.9 Å². The normalized spacial score (nSPS) is 12.1. The van der Waals surface area contributed by atoms with Crippen molar-refractivity contribution in [3.05, 3.63) is 34.3 Å².